The van der Waals surface area contributed by atoms with Gasteiger partial charge in [0.1, 0.15) is 17.7 Å². The van der Waals surface area contributed by atoms with Gasteiger partial charge in [0.2, 0.25) is 17.7 Å². The van der Waals surface area contributed by atoms with Gasteiger partial charge in [0.15, 0.2) is 0 Å². The van der Waals surface area contributed by atoms with E-state index in [9.17, 15) is 19.2 Å². The lowest BCUT2D eigenvalue weighted by Gasteiger charge is -2.35. The van der Waals surface area contributed by atoms with Gasteiger partial charge in [-0.3, -0.25) is 14.4 Å². The Bertz CT molecular complexity index is 909. The number of alkyl carbamates (subject to hydrolysis) is 1. The first-order chi connectivity index (χ1) is 18.0. The fourth-order valence-electron chi connectivity index (χ4n) is 4.73. The van der Waals surface area contributed by atoms with Crippen molar-refractivity contribution >= 4 is 23.8 Å². The van der Waals surface area contributed by atoms with Crippen molar-refractivity contribution in [1.82, 2.24) is 15.5 Å². The number of nitrogens with zero attached hydrogens (tertiary/aromatic N) is 1. The molecule has 0 aromatic heterocycles. The van der Waals surface area contributed by atoms with Gasteiger partial charge < -0.3 is 26.0 Å². The Morgan fingerprint density at radius 2 is 1.71 bits per heavy atom. The summed E-state index contributed by atoms with van der Waals surface area (Å²) < 4.78 is 5.38. The second-order valence-corrected chi connectivity index (χ2v) is 11.1. The molecule has 1 aliphatic rings. The zero-order chi connectivity index (χ0) is 28.1. The number of nitrogens with two attached hydrogens (primary N) is 1. The van der Waals surface area contributed by atoms with Crippen LogP contribution in [0, 0.1) is 0 Å². The number of carbonyl (C=O) groups is 4. The lowest BCUT2D eigenvalue weighted by molar-refractivity contribution is -0.143. The number of rotatable bonds is 13. The predicted octanol–water partition coefficient (Wildman–Crippen LogP) is 4.35. The van der Waals surface area contributed by atoms with Crippen LogP contribution in [0.2, 0.25) is 0 Å². The third kappa shape index (κ3) is 10.7. The number of carbonyl (C=O) groups excluding carboxylic acids is 4. The maximum Gasteiger partial charge on any atom is 0.408 e. The Hall–Kier alpha value is -3.10. The van der Waals surface area contributed by atoms with Crippen molar-refractivity contribution in [1.29, 1.82) is 0 Å². The number of ether oxygens (including phenoxy) is 1. The molecule has 38 heavy (non-hydrogen) atoms. The van der Waals surface area contributed by atoms with Crippen molar-refractivity contribution in [3.8, 4) is 0 Å². The molecule has 0 radical (unpaired) electrons. The molecule has 0 heterocycles. The highest BCUT2D eigenvalue weighted by atomic mass is 16.6. The average Bonchev–Trinajstić information content (AvgIpc) is 2.85. The number of benzene rings is 1. The molecular formula is C29H46N4O5. The third-order valence-electron chi connectivity index (χ3n) is 6.58. The van der Waals surface area contributed by atoms with E-state index in [2.05, 4.69) is 17.6 Å². The maximum atomic E-state index is 14.1. The molecular weight excluding hydrogens is 484 g/mol. The van der Waals surface area contributed by atoms with E-state index in [0.717, 1.165) is 44.9 Å². The summed E-state index contributed by atoms with van der Waals surface area (Å²) in [5.74, 6) is -1.26. The Balaban J connectivity index is 2.42. The van der Waals surface area contributed by atoms with Crippen LogP contribution < -0.4 is 16.4 Å². The molecule has 212 valence electrons. The van der Waals surface area contributed by atoms with E-state index in [1.165, 1.54) is 0 Å². The number of amides is 4. The molecule has 1 aromatic rings. The molecule has 2 unspecified atom stereocenters. The molecule has 0 saturated heterocycles. The molecule has 9 heteroatoms. The fourth-order valence-corrected chi connectivity index (χ4v) is 4.73. The van der Waals surface area contributed by atoms with Gasteiger partial charge in [0, 0.05) is 19.0 Å². The summed E-state index contributed by atoms with van der Waals surface area (Å²) in [5.41, 5.74) is 5.30. The predicted molar refractivity (Wildman–Crippen MR) is 147 cm³/mol. The van der Waals surface area contributed by atoms with Gasteiger partial charge in [-0.15, -0.1) is 0 Å². The van der Waals surface area contributed by atoms with E-state index in [1.807, 2.05) is 30.3 Å². The molecule has 2 rings (SSSR count). The molecule has 4 amide bonds. The fraction of sp³-hybridized carbons (Fsp3) is 0.655. The first kappa shape index (κ1) is 31.1. The van der Waals surface area contributed by atoms with Crippen LogP contribution in [0.15, 0.2) is 30.3 Å². The van der Waals surface area contributed by atoms with Gasteiger partial charge >= 0.3 is 6.09 Å². The van der Waals surface area contributed by atoms with Crippen molar-refractivity contribution in [2.75, 3.05) is 6.54 Å². The van der Waals surface area contributed by atoms with Gasteiger partial charge in [0.25, 0.3) is 0 Å². The normalized spacial score (nSPS) is 15.7. The lowest BCUT2D eigenvalue weighted by Crippen LogP contribution is -2.54. The summed E-state index contributed by atoms with van der Waals surface area (Å²) >= 11 is 0. The number of primary amides is 1. The van der Waals surface area contributed by atoms with Crippen LogP contribution in [0.1, 0.15) is 104 Å². The lowest BCUT2D eigenvalue weighted by atomic mass is 9.94. The van der Waals surface area contributed by atoms with E-state index in [0.29, 0.717) is 18.5 Å². The molecule has 1 saturated carbocycles. The summed E-state index contributed by atoms with van der Waals surface area (Å²) in [7, 11) is 0. The number of hydrogen-bond acceptors (Lipinski definition) is 5. The van der Waals surface area contributed by atoms with Crippen LogP contribution in [-0.4, -0.2) is 52.9 Å². The highest BCUT2D eigenvalue weighted by Gasteiger charge is 2.36. The van der Waals surface area contributed by atoms with E-state index < -0.39 is 35.6 Å². The first-order valence-corrected chi connectivity index (χ1v) is 14.0. The summed E-state index contributed by atoms with van der Waals surface area (Å²) in [6, 6.07) is 7.34. The van der Waals surface area contributed by atoms with Gasteiger partial charge in [0.05, 0.1) is 0 Å². The summed E-state index contributed by atoms with van der Waals surface area (Å²) in [4.78, 5) is 53.7. The van der Waals surface area contributed by atoms with E-state index in [-0.39, 0.29) is 24.8 Å². The van der Waals surface area contributed by atoms with Crippen LogP contribution in [0.25, 0.3) is 0 Å². The molecule has 1 fully saturated rings. The van der Waals surface area contributed by atoms with Gasteiger partial charge in [-0.25, -0.2) is 4.79 Å². The Labute approximate surface area is 227 Å². The zero-order valence-corrected chi connectivity index (χ0v) is 23.5. The third-order valence-corrected chi connectivity index (χ3v) is 6.58. The second kappa shape index (κ2) is 15.3. The summed E-state index contributed by atoms with van der Waals surface area (Å²) in [6.07, 6.45) is 6.76. The zero-order valence-electron chi connectivity index (χ0n) is 23.5. The van der Waals surface area contributed by atoms with Crippen LogP contribution in [0.3, 0.4) is 0 Å². The second-order valence-electron chi connectivity index (χ2n) is 11.1. The van der Waals surface area contributed by atoms with Crippen molar-refractivity contribution in [2.45, 2.75) is 116 Å². The van der Waals surface area contributed by atoms with Crippen molar-refractivity contribution < 1.29 is 23.9 Å². The monoisotopic (exact) mass is 530 g/mol. The average molecular weight is 531 g/mol. The number of unbranched alkanes of at least 4 members (excludes halogenated alkanes) is 2. The van der Waals surface area contributed by atoms with Crippen molar-refractivity contribution in [2.24, 2.45) is 5.73 Å². The highest BCUT2D eigenvalue weighted by Crippen LogP contribution is 2.26. The summed E-state index contributed by atoms with van der Waals surface area (Å²) in [6.45, 7) is 7.57. The Morgan fingerprint density at radius 1 is 1.05 bits per heavy atom. The van der Waals surface area contributed by atoms with E-state index in [1.54, 1.807) is 25.7 Å². The minimum Gasteiger partial charge on any atom is -0.444 e. The van der Waals surface area contributed by atoms with Crippen molar-refractivity contribution in [3.05, 3.63) is 35.9 Å². The minimum atomic E-state index is -1.08. The highest BCUT2D eigenvalue weighted by molar-refractivity contribution is 5.92. The van der Waals surface area contributed by atoms with Gasteiger partial charge in [-0.2, -0.15) is 0 Å². The van der Waals surface area contributed by atoms with Crippen LogP contribution >= 0.6 is 0 Å². The SMILES string of the molecule is CCCCCN(C(=O)C(CCC(N)=O)NC(=O)OC(C)(C)C)C(C(=O)NC1CCCCC1)c1ccccc1. The Kier molecular flexibility index (Phi) is 12.6. The van der Waals surface area contributed by atoms with E-state index >= 15 is 0 Å². The molecule has 2 atom stereocenters. The molecule has 1 aliphatic carbocycles. The van der Waals surface area contributed by atoms with Crippen molar-refractivity contribution in [3.63, 3.8) is 0 Å². The van der Waals surface area contributed by atoms with Crippen LogP contribution in [0.4, 0.5) is 4.79 Å². The molecule has 0 bridgehead atoms. The van der Waals surface area contributed by atoms with Gasteiger partial charge in [-0.05, 0) is 52.0 Å². The molecule has 4 N–H and O–H groups in total. The van der Waals surface area contributed by atoms with Crippen LogP contribution in [0.5, 0.6) is 0 Å². The Morgan fingerprint density at radius 3 is 2.29 bits per heavy atom. The standard InChI is InChI=1S/C29H46N4O5/c1-5-6-13-20-33(27(36)23(18-19-24(30)34)32-28(37)38-29(2,3)4)25(21-14-9-7-10-15-21)26(35)31-22-16-11-8-12-17-22/h7,9-10,14-15,22-23,25H,5-6,8,11-13,16-20H2,1-4H3,(H2,30,34)(H,31,35)(H,32,37). The topological polar surface area (TPSA) is 131 Å². The molecule has 0 spiro atoms. The largest absolute Gasteiger partial charge is 0.444 e. The van der Waals surface area contributed by atoms with Gasteiger partial charge in [-0.1, -0.05) is 69.4 Å². The first-order valence-electron chi connectivity index (χ1n) is 14.0. The number of hydrogen-bond donors (Lipinski definition) is 3. The summed E-state index contributed by atoms with van der Waals surface area (Å²) in [5, 5.41) is 5.82. The van der Waals surface area contributed by atoms with E-state index in [4.69, 9.17) is 10.5 Å². The minimum absolute atomic E-state index is 0.00341. The quantitative estimate of drug-likeness (QED) is 0.326. The number of nitrogens with one attached hydrogen (secondary N) is 2. The molecule has 0 aliphatic heterocycles. The maximum absolute atomic E-state index is 14.1. The smallest absolute Gasteiger partial charge is 0.408 e. The van der Waals surface area contributed by atoms with Crippen LogP contribution in [-0.2, 0) is 19.1 Å². The molecule has 9 nitrogen and oxygen atoms in total. The molecule has 1 aromatic carbocycles.